The summed E-state index contributed by atoms with van der Waals surface area (Å²) >= 11 is 6.76. The third kappa shape index (κ3) is 9.64. The summed E-state index contributed by atoms with van der Waals surface area (Å²) in [6, 6.07) is 14.5. The van der Waals surface area contributed by atoms with Crippen molar-refractivity contribution in [3.8, 4) is 12.3 Å². The molecule has 0 atom stereocenters. The number of ether oxygens (including phenoxy) is 1. The van der Waals surface area contributed by atoms with Gasteiger partial charge in [-0.1, -0.05) is 65.5 Å². The molecule has 3 heterocycles. The highest BCUT2D eigenvalue weighted by Gasteiger charge is 2.15. The summed E-state index contributed by atoms with van der Waals surface area (Å²) in [5.41, 5.74) is 1.84. The number of anilines is 1. The van der Waals surface area contributed by atoms with Crippen LogP contribution in [-0.2, 0) is 23.2 Å². The number of terminal acetylenes is 1. The van der Waals surface area contributed by atoms with Crippen LogP contribution in [0.1, 0.15) is 23.5 Å². The monoisotopic (exact) mass is 567 g/mol. The quantitative estimate of drug-likeness (QED) is 0.142. The first-order chi connectivity index (χ1) is 18.9. The molecule has 0 saturated carbocycles. The van der Waals surface area contributed by atoms with E-state index in [1.807, 2.05) is 37.4 Å². The van der Waals surface area contributed by atoms with Crippen molar-refractivity contribution in [1.82, 2.24) is 35.0 Å². The largest absolute Gasteiger partial charge is 0.448 e. The van der Waals surface area contributed by atoms with Gasteiger partial charge >= 0.3 is 6.09 Å². The van der Waals surface area contributed by atoms with Gasteiger partial charge in [-0.05, 0) is 29.6 Å². The summed E-state index contributed by atoms with van der Waals surface area (Å²) in [6.07, 6.45) is 4.84. The molecule has 204 valence electrons. The minimum Gasteiger partial charge on any atom is -0.448 e. The van der Waals surface area contributed by atoms with Crippen molar-refractivity contribution < 1.29 is 14.4 Å². The van der Waals surface area contributed by atoms with Crippen LogP contribution in [0.3, 0.4) is 0 Å². The Morgan fingerprint density at radius 1 is 1.21 bits per heavy atom. The van der Waals surface area contributed by atoms with Crippen molar-refractivity contribution in [2.75, 3.05) is 38.6 Å². The lowest BCUT2D eigenvalue weighted by molar-refractivity contribution is 0.128. The molecular weight excluding hydrogens is 538 g/mol. The molecule has 0 unspecified atom stereocenters. The fourth-order valence-corrected chi connectivity index (χ4v) is 4.03. The number of carbonyl (C=O) groups excluding carboxylic acids is 1. The summed E-state index contributed by atoms with van der Waals surface area (Å²) < 4.78 is 7.44. The second-order valence-corrected chi connectivity index (χ2v) is 9.75. The SMILES string of the molecule is C#CCCOC(=O)Nc1cccc(CO/N=C(/c2ccccc2)c2nnnn2C)n1.CN1CSC(=S)N(C)C1. The number of aromatic nitrogens is 5. The van der Waals surface area contributed by atoms with Gasteiger partial charge in [-0.15, -0.1) is 17.4 Å². The normalized spacial score (nSPS) is 13.6. The van der Waals surface area contributed by atoms with E-state index < -0.39 is 6.09 Å². The third-order valence-corrected chi connectivity index (χ3v) is 6.73. The number of tetrazole rings is 1. The molecule has 39 heavy (non-hydrogen) atoms. The van der Waals surface area contributed by atoms with Gasteiger partial charge in [-0.3, -0.25) is 10.2 Å². The molecule has 1 amide bonds. The topological polar surface area (TPSA) is 123 Å². The Hall–Kier alpha value is -4.06. The van der Waals surface area contributed by atoms with Crippen LogP contribution in [0.2, 0.25) is 0 Å². The molecule has 1 aromatic carbocycles. The van der Waals surface area contributed by atoms with E-state index in [-0.39, 0.29) is 13.2 Å². The number of aryl methyl sites for hydroxylation is 1. The Morgan fingerprint density at radius 3 is 2.67 bits per heavy atom. The molecule has 1 N–H and O–H groups in total. The van der Waals surface area contributed by atoms with E-state index in [4.69, 9.17) is 28.2 Å². The fraction of sp³-hybridized carbons (Fsp3) is 0.320. The number of thiocarbonyl (C=S) groups is 1. The minimum absolute atomic E-state index is 0.0727. The number of thioether (sulfide) groups is 1. The predicted octanol–water partition coefficient (Wildman–Crippen LogP) is 2.94. The van der Waals surface area contributed by atoms with E-state index in [2.05, 4.69) is 53.7 Å². The van der Waals surface area contributed by atoms with Gasteiger partial charge in [-0.25, -0.2) is 14.5 Å². The number of amides is 1. The van der Waals surface area contributed by atoms with Crippen LogP contribution in [0, 0.1) is 12.3 Å². The molecule has 1 aliphatic rings. The van der Waals surface area contributed by atoms with Crippen molar-refractivity contribution in [3.63, 3.8) is 0 Å². The Kier molecular flexibility index (Phi) is 11.6. The van der Waals surface area contributed by atoms with Gasteiger partial charge in [0, 0.05) is 26.1 Å². The summed E-state index contributed by atoms with van der Waals surface area (Å²) in [5, 5.41) is 18.2. The Labute approximate surface area is 236 Å². The van der Waals surface area contributed by atoms with Crippen LogP contribution in [0.15, 0.2) is 53.7 Å². The first kappa shape index (κ1) is 29.5. The fourth-order valence-electron chi connectivity index (χ4n) is 3.12. The number of rotatable bonds is 8. The number of nitrogens with zero attached hydrogens (tertiary/aromatic N) is 8. The summed E-state index contributed by atoms with van der Waals surface area (Å²) in [4.78, 5) is 25.8. The number of carbonyl (C=O) groups is 1. The van der Waals surface area contributed by atoms with Crippen molar-refractivity contribution in [3.05, 3.63) is 65.6 Å². The Bertz CT molecular complexity index is 1310. The number of hydrogen-bond acceptors (Lipinski definition) is 11. The average Bonchev–Trinajstić information content (AvgIpc) is 3.35. The van der Waals surface area contributed by atoms with Crippen molar-refractivity contribution in [1.29, 1.82) is 0 Å². The zero-order chi connectivity index (χ0) is 28.0. The Balaban J connectivity index is 0.000000395. The van der Waals surface area contributed by atoms with Gasteiger partial charge in [0.05, 0.1) is 18.2 Å². The highest BCUT2D eigenvalue weighted by Crippen LogP contribution is 2.14. The van der Waals surface area contributed by atoms with Crippen LogP contribution < -0.4 is 5.32 Å². The Morgan fingerprint density at radius 2 is 2.00 bits per heavy atom. The van der Waals surface area contributed by atoms with Crippen molar-refractivity contribution >= 4 is 45.9 Å². The van der Waals surface area contributed by atoms with Crippen LogP contribution in [0.5, 0.6) is 0 Å². The van der Waals surface area contributed by atoms with Crippen LogP contribution in [0.25, 0.3) is 0 Å². The van der Waals surface area contributed by atoms with Gasteiger partial charge in [0.1, 0.15) is 16.7 Å². The van der Waals surface area contributed by atoms with E-state index in [9.17, 15) is 4.79 Å². The van der Waals surface area contributed by atoms with Crippen molar-refractivity contribution in [2.45, 2.75) is 13.0 Å². The van der Waals surface area contributed by atoms with Crippen LogP contribution in [-0.4, -0.2) is 84.4 Å². The van der Waals surface area contributed by atoms with E-state index in [0.29, 0.717) is 29.5 Å². The standard InChI is InChI=1S/C20H19N7O3.C5H10N2S2/c1-3-4-13-29-20(28)22-17-12-8-11-16(21-17)14-30-24-18(15-9-6-5-7-10-15)19-23-25-26-27(19)2;1-6-3-7(2)5(8)9-4-6/h1,5-12H,4,13-14H2,2H3,(H,21,22,28);3-4H2,1-2H3/b24-18-;. The molecule has 1 aliphatic heterocycles. The molecule has 12 nitrogen and oxygen atoms in total. The van der Waals surface area contributed by atoms with Crippen LogP contribution >= 0.6 is 24.0 Å². The maximum absolute atomic E-state index is 11.7. The summed E-state index contributed by atoms with van der Waals surface area (Å²) in [6.45, 7) is 1.17. The van der Waals surface area contributed by atoms with Gasteiger partial charge in [0.15, 0.2) is 12.3 Å². The summed E-state index contributed by atoms with van der Waals surface area (Å²) in [5.74, 6) is 4.20. The van der Waals surface area contributed by atoms with E-state index in [1.54, 1.807) is 37.0 Å². The number of pyridine rings is 1. The van der Waals surface area contributed by atoms with E-state index >= 15 is 0 Å². The highest BCUT2D eigenvalue weighted by atomic mass is 32.2. The highest BCUT2D eigenvalue weighted by molar-refractivity contribution is 8.22. The lowest BCUT2D eigenvalue weighted by Gasteiger charge is -2.31. The van der Waals surface area contributed by atoms with Gasteiger partial charge in [0.2, 0.25) is 5.82 Å². The van der Waals surface area contributed by atoms with Gasteiger partial charge in [0.25, 0.3) is 0 Å². The summed E-state index contributed by atoms with van der Waals surface area (Å²) in [7, 11) is 5.82. The van der Waals surface area contributed by atoms with Gasteiger partial charge in [-0.2, -0.15) is 0 Å². The zero-order valence-electron chi connectivity index (χ0n) is 21.9. The molecule has 0 radical (unpaired) electrons. The first-order valence-electron chi connectivity index (χ1n) is 11.7. The number of benzene rings is 1. The maximum Gasteiger partial charge on any atom is 0.412 e. The molecular formula is C25H29N9O3S2. The van der Waals surface area contributed by atoms with E-state index in [0.717, 1.165) is 22.4 Å². The molecule has 0 bridgehead atoms. The lowest BCUT2D eigenvalue weighted by atomic mass is 10.1. The zero-order valence-corrected chi connectivity index (χ0v) is 23.5. The minimum atomic E-state index is -0.630. The smallest absolute Gasteiger partial charge is 0.412 e. The second-order valence-electron chi connectivity index (χ2n) is 8.17. The van der Waals surface area contributed by atoms with Gasteiger partial charge < -0.3 is 14.5 Å². The molecule has 1 fully saturated rings. The average molecular weight is 568 g/mol. The van der Waals surface area contributed by atoms with Crippen molar-refractivity contribution in [2.24, 2.45) is 12.2 Å². The molecule has 14 heteroatoms. The predicted molar refractivity (Wildman–Crippen MR) is 154 cm³/mol. The molecule has 0 spiro atoms. The first-order valence-corrected chi connectivity index (χ1v) is 13.1. The second kappa shape index (κ2) is 15.4. The molecule has 2 aromatic heterocycles. The van der Waals surface area contributed by atoms with Crippen LogP contribution in [0.4, 0.5) is 10.6 Å². The molecule has 3 aromatic rings. The van der Waals surface area contributed by atoms with E-state index in [1.165, 1.54) is 4.68 Å². The molecule has 4 rings (SSSR count). The molecule has 0 aliphatic carbocycles. The lowest BCUT2D eigenvalue weighted by Crippen LogP contribution is -2.40. The number of oxime groups is 1. The number of hydrogen-bond donors (Lipinski definition) is 1. The maximum atomic E-state index is 11.7. The molecule has 1 saturated heterocycles. The third-order valence-electron chi connectivity index (χ3n) is 4.94. The number of nitrogens with one attached hydrogen (secondary N) is 1.